The van der Waals surface area contributed by atoms with Crippen molar-refractivity contribution in [3.63, 3.8) is 0 Å². The highest BCUT2D eigenvalue weighted by molar-refractivity contribution is 5.25. The predicted molar refractivity (Wildman–Crippen MR) is 58.5 cm³/mol. The Labute approximate surface area is 93.3 Å². The number of aryl methyl sites for hydroxylation is 1. The molecule has 2 rings (SSSR count). The molecule has 0 aliphatic rings. The van der Waals surface area contributed by atoms with Gasteiger partial charge in [-0.25, -0.2) is 4.39 Å². The number of rotatable bonds is 3. The molecular weight excluding hydrogens is 207 g/mol. The summed E-state index contributed by atoms with van der Waals surface area (Å²) in [5, 5.41) is 3.07. The highest BCUT2D eigenvalue weighted by Crippen LogP contribution is 2.23. The summed E-state index contributed by atoms with van der Waals surface area (Å²) in [6.07, 6.45) is 2.81. The van der Waals surface area contributed by atoms with E-state index in [1.165, 1.54) is 12.3 Å². The highest BCUT2D eigenvalue weighted by Gasteiger charge is 2.16. The second-order valence-corrected chi connectivity index (χ2v) is 3.61. The van der Waals surface area contributed by atoms with Crippen LogP contribution in [0.25, 0.3) is 0 Å². The van der Waals surface area contributed by atoms with E-state index in [1.807, 2.05) is 19.1 Å². The average Bonchev–Trinajstić information content (AvgIpc) is 2.66. The van der Waals surface area contributed by atoms with Gasteiger partial charge in [-0.2, -0.15) is 0 Å². The van der Waals surface area contributed by atoms with Gasteiger partial charge in [-0.1, -0.05) is 0 Å². The summed E-state index contributed by atoms with van der Waals surface area (Å²) in [6.45, 7) is 1.88. The molecule has 0 aliphatic carbocycles. The van der Waals surface area contributed by atoms with Crippen LogP contribution in [-0.2, 0) is 0 Å². The van der Waals surface area contributed by atoms with Crippen molar-refractivity contribution >= 4 is 0 Å². The molecule has 0 aliphatic heterocycles. The Morgan fingerprint density at radius 3 is 2.75 bits per heavy atom. The first kappa shape index (κ1) is 10.8. The molecule has 84 valence electrons. The van der Waals surface area contributed by atoms with Gasteiger partial charge < -0.3 is 9.73 Å². The van der Waals surface area contributed by atoms with Crippen molar-refractivity contribution < 1.29 is 8.81 Å². The summed E-state index contributed by atoms with van der Waals surface area (Å²) >= 11 is 0. The van der Waals surface area contributed by atoms with Gasteiger partial charge in [0.25, 0.3) is 0 Å². The van der Waals surface area contributed by atoms with Crippen LogP contribution in [0.15, 0.2) is 35.0 Å². The highest BCUT2D eigenvalue weighted by atomic mass is 19.1. The molecule has 1 N–H and O–H groups in total. The lowest BCUT2D eigenvalue weighted by molar-refractivity contribution is 0.442. The van der Waals surface area contributed by atoms with Gasteiger partial charge in [-0.15, -0.1) is 0 Å². The van der Waals surface area contributed by atoms with Crippen molar-refractivity contribution in [2.24, 2.45) is 0 Å². The molecule has 0 saturated heterocycles. The SMILES string of the molecule is CNC(c1cncc(F)c1)c1ccc(C)o1. The van der Waals surface area contributed by atoms with Gasteiger partial charge in [-0.05, 0) is 37.7 Å². The van der Waals surface area contributed by atoms with Crippen LogP contribution in [0.3, 0.4) is 0 Å². The van der Waals surface area contributed by atoms with Crippen molar-refractivity contribution in [2.45, 2.75) is 13.0 Å². The fourth-order valence-corrected chi connectivity index (χ4v) is 1.67. The lowest BCUT2D eigenvalue weighted by atomic mass is 10.1. The monoisotopic (exact) mass is 220 g/mol. The molecule has 4 heteroatoms. The van der Waals surface area contributed by atoms with Gasteiger partial charge in [-0.3, -0.25) is 4.98 Å². The standard InChI is InChI=1S/C12H13FN2O/c1-8-3-4-11(16-8)12(14-2)9-5-10(13)7-15-6-9/h3-7,12,14H,1-2H3. The average molecular weight is 220 g/mol. The molecule has 0 amide bonds. The lowest BCUT2D eigenvalue weighted by Crippen LogP contribution is -2.17. The Bertz CT molecular complexity index is 481. The van der Waals surface area contributed by atoms with Gasteiger partial charge in [0.15, 0.2) is 0 Å². The summed E-state index contributed by atoms with van der Waals surface area (Å²) in [7, 11) is 1.80. The number of nitrogens with zero attached hydrogens (tertiary/aromatic N) is 1. The smallest absolute Gasteiger partial charge is 0.141 e. The molecule has 3 nitrogen and oxygen atoms in total. The van der Waals surface area contributed by atoms with Crippen molar-refractivity contribution in [3.8, 4) is 0 Å². The maximum absolute atomic E-state index is 13.1. The van der Waals surface area contributed by atoms with Gasteiger partial charge in [0.2, 0.25) is 0 Å². The van der Waals surface area contributed by atoms with Crippen LogP contribution in [-0.4, -0.2) is 12.0 Å². The van der Waals surface area contributed by atoms with Crippen LogP contribution >= 0.6 is 0 Å². The minimum absolute atomic E-state index is 0.170. The zero-order valence-electron chi connectivity index (χ0n) is 9.20. The lowest BCUT2D eigenvalue weighted by Gasteiger charge is -2.13. The summed E-state index contributed by atoms with van der Waals surface area (Å²) in [5.74, 6) is 1.24. The van der Waals surface area contributed by atoms with E-state index in [9.17, 15) is 4.39 Å². The van der Waals surface area contributed by atoms with E-state index in [0.29, 0.717) is 0 Å². The normalized spacial score (nSPS) is 12.7. The Hall–Kier alpha value is -1.68. The maximum atomic E-state index is 13.1. The van der Waals surface area contributed by atoms with Crippen LogP contribution in [0.1, 0.15) is 23.1 Å². The molecule has 2 aromatic heterocycles. The molecular formula is C12H13FN2O. The number of hydrogen-bond acceptors (Lipinski definition) is 3. The number of halogens is 1. The van der Waals surface area contributed by atoms with E-state index < -0.39 is 0 Å². The van der Waals surface area contributed by atoms with Crippen LogP contribution < -0.4 is 5.32 Å². The maximum Gasteiger partial charge on any atom is 0.141 e. The third-order valence-electron chi connectivity index (χ3n) is 2.39. The molecule has 0 bridgehead atoms. The third kappa shape index (κ3) is 2.12. The summed E-state index contributed by atoms with van der Waals surface area (Å²) in [5.41, 5.74) is 0.747. The van der Waals surface area contributed by atoms with E-state index in [4.69, 9.17) is 4.42 Å². The van der Waals surface area contributed by atoms with Gasteiger partial charge in [0, 0.05) is 6.20 Å². The van der Waals surface area contributed by atoms with Crippen LogP contribution in [0.4, 0.5) is 4.39 Å². The largest absolute Gasteiger partial charge is 0.464 e. The number of pyridine rings is 1. The van der Waals surface area contributed by atoms with Crippen molar-refractivity contribution in [1.29, 1.82) is 0 Å². The molecule has 2 aromatic rings. The van der Waals surface area contributed by atoms with E-state index >= 15 is 0 Å². The van der Waals surface area contributed by atoms with E-state index in [2.05, 4.69) is 10.3 Å². The van der Waals surface area contributed by atoms with Crippen LogP contribution in [0.2, 0.25) is 0 Å². The molecule has 1 unspecified atom stereocenters. The number of furan rings is 1. The Morgan fingerprint density at radius 2 is 2.19 bits per heavy atom. The Morgan fingerprint density at radius 1 is 1.38 bits per heavy atom. The predicted octanol–water partition coefficient (Wildman–Crippen LogP) is 2.43. The number of nitrogens with one attached hydrogen (secondary N) is 1. The summed E-state index contributed by atoms with van der Waals surface area (Å²) in [4.78, 5) is 3.83. The summed E-state index contributed by atoms with van der Waals surface area (Å²) < 4.78 is 18.6. The first-order valence-electron chi connectivity index (χ1n) is 5.05. The number of aromatic nitrogens is 1. The molecule has 0 radical (unpaired) electrons. The zero-order chi connectivity index (χ0) is 11.5. The second-order valence-electron chi connectivity index (χ2n) is 3.61. The fraction of sp³-hybridized carbons (Fsp3) is 0.250. The molecule has 16 heavy (non-hydrogen) atoms. The molecule has 0 aromatic carbocycles. The topological polar surface area (TPSA) is 38.1 Å². The summed E-state index contributed by atoms with van der Waals surface area (Å²) in [6, 6.07) is 5.04. The first-order valence-corrected chi connectivity index (χ1v) is 5.05. The zero-order valence-corrected chi connectivity index (χ0v) is 9.20. The molecule has 0 fully saturated rings. The van der Waals surface area contributed by atoms with E-state index in [-0.39, 0.29) is 11.9 Å². The van der Waals surface area contributed by atoms with Crippen molar-refractivity contribution in [2.75, 3.05) is 7.05 Å². The number of hydrogen-bond donors (Lipinski definition) is 1. The van der Waals surface area contributed by atoms with Gasteiger partial charge in [0.05, 0.1) is 12.2 Å². The van der Waals surface area contributed by atoms with E-state index in [1.54, 1.807) is 13.2 Å². The quantitative estimate of drug-likeness (QED) is 0.863. The van der Waals surface area contributed by atoms with Crippen LogP contribution in [0, 0.1) is 12.7 Å². The third-order valence-corrected chi connectivity index (χ3v) is 2.39. The Balaban J connectivity index is 2.36. The van der Waals surface area contributed by atoms with Crippen LogP contribution in [0.5, 0.6) is 0 Å². The minimum Gasteiger partial charge on any atom is -0.464 e. The fourth-order valence-electron chi connectivity index (χ4n) is 1.67. The molecule has 0 spiro atoms. The van der Waals surface area contributed by atoms with Crippen molar-refractivity contribution in [3.05, 3.63) is 53.5 Å². The Kier molecular flexibility index (Phi) is 3.01. The first-order chi connectivity index (χ1) is 7.70. The molecule has 2 heterocycles. The second kappa shape index (κ2) is 4.45. The van der Waals surface area contributed by atoms with Gasteiger partial charge >= 0.3 is 0 Å². The van der Waals surface area contributed by atoms with Gasteiger partial charge in [0.1, 0.15) is 17.3 Å². The van der Waals surface area contributed by atoms with Crippen molar-refractivity contribution in [1.82, 2.24) is 10.3 Å². The molecule has 0 saturated carbocycles. The molecule has 1 atom stereocenters. The minimum atomic E-state index is -0.346. The van der Waals surface area contributed by atoms with E-state index in [0.717, 1.165) is 17.1 Å².